The van der Waals surface area contributed by atoms with Crippen LogP contribution in [0.3, 0.4) is 0 Å². The summed E-state index contributed by atoms with van der Waals surface area (Å²) >= 11 is 0. The van der Waals surface area contributed by atoms with E-state index < -0.39 is 5.54 Å². The highest BCUT2D eigenvalue weighted by Crippen LogP contribution is 2.30. The first-order chi connectivity index (χ1) is 7.51. The Balaban J connectivity index is 2.56. The van der Waals surface area contributed by atoms with Crippen molar-refractivity contribution in [3.63, 3.8) is 0 Å². The van der Waals surface area contributed by atoms with Gasteiger partial charge >= 0.3 is 0 Å². The lowest BCUT2D eigenvalue weighted by Crippen LogP contribution is -2.54. The van der Waals surface area contributed by atoms with Gasteiger partial charge in [0.2, 0.25) is 5.91 Å². The molecule has 0 unspecified atom stereocenters. The van der Waals surface area contributed by atoms with E-state index in [1.54, 1.807) is 0 Å². The Labute approximate surface area is 99.6 Å². The molecule has 0 aromatic carbocycles. The van der Waals surface area contributed by atoms with Gasteiger partial charge in [0.25, 0.3) is 0 Å². The van der Waals surface area contributed by atoms with Crippen molar-refractivity contribution in [2.24, 2.45) is 5.92 Å². The molecule has 16 heavy (non-hydrogen) atoms. The zero-order valence-electron chi connectivity index (χ0n) is 11.2. The molecule has 0 aliphatic heterocycles. The Bertz CT molecular complexity index is 234. The molecular formula is C13H26N2O. The predicted molar refractivity (Wildman–Crippen MR) is 67.4 cm³/mol. The zero-order valence-corrected chi connectivity index (χ0v) is 11.2. The summed E-state index contributed by atoms with van der Waals surface area (Å²) in [5.74, 6) is 1.02. The number of carbonyl (C=O) groups excluding carboxylic acids is 1. The molecule has 0 spiro atoms. The maximum absolute atomic E-state index is 12.4. The molecule has 0 bridgehead atoms. The summed E-state index contributed by atoms with van der Waals surface area (Å²) in [4.78, 5) is 14.4. The van der Waals surface area contributed by atoms with Crippen LogP contribution >= 0.6 is 0 Å². The molecule has 1 saturated carbocycles. The van der Waals surface area contributed by atoms with Gasteiger partial charge in [0.1, 0.15) is 0 Å². The summed E-state index contributed by atoms with van der Waals surface area (Å²) in [6, 6.07) is 0. The Kier molecular flexibility index (Phi) is 4.78. The van der Waals surface area contributed by atoms with Crippen molar-refractivity contribution >= 4 is 5.91 Å². The fraction of sp³-hybridized carbons (Fsp3) is 0.923. The summed E-state index contributed by atoms with van der Waals surface area (Å²) in [7, 11) is 0. The third-order valence-electron chi connectivity index (χ3n) is 3.11. The van der Waals surface area contributed by atoms with Crippen molar-refractivity contribution in [1.82, 2.24) is 10.2 Å². The third-order valence-corrected chi connectivity index (χ3v) is 3.11. The Hall–Kier alpha value is -0.570. The molecule has 0 aromatic rings. The third kappa shape index (κ3) is 3.78. The van der Waals surface area contributed by atoms with E-state index in [2.05, 4.69) is 12.2 Å². The molecular weight excluding hydrogens is 200 g/mol. The average Bonchev–Trinajstić information content (AvgIpc) is 3.00. The van der Waals surface area contributed by atoms with Gasteiger partial charge in [-0.1, -0.05) is 13.8 Å². The van der Waals surface area contributed by atoms with Crippen molar-refractivity contribution < 1.29 is 4.79 Å². The molecule has 1 aliphatic carbocycles. The highest BCUT2D eigenvalue weighted by Gasteiger charge is 2.33. The van der Waals surface area contributed by atoms with Crippen LogP contribution in [-0.4, -0.2) is 36.0 Å². The molecule has 0 aromatic heterocycles. The number of amides is 1. The van der Waals surface area contributed by atoms with Crippen molar-refractivity contribution in [1.29, 1.82) is 0 Å². The largest absolute Gasteiger partial charge is 0.341 e. The molecule has 1 fully saturated rings. The van der Waals surface area contributed by atoms with Crippen LogP contribution in [0.2, 0.25) is 0 Å². The fourth-order valence-electron chi connectivity index (χ4n) is 2.07. The summed E-state index contributed by atoms with van der Waals surface area (Å²) in [5, 5.41) is 3.26. The van der Waals surface area contributed by atoms with Crippen LogP contribution in [0.5, 0.6) is 0 Å². The van der Waals surface area contributed by atoms with Gasteiger partial charge in [0.05, 0.1) is 5.54 Å². The van der Waals surface area contributed by atoms with Gasteiger partial charge in [0.15, 0.2) is 0 Å². The molecule has 94 valence electrons. The zero-order chi connectivity index (χ0) is 12.2. The topological polar surface area (TPSA) is 32.3 Å². The van der Waals surface area contributed by atoms with Crippen LogP contribution in [0.1, 0.15) is 47.0 Å². The van der Waals surface area contributed by atoms with Crippen LogP contribution in [0, 0.1) is 5.92 Å². The number of carbonyl (C=O) groups is 1. The van der Waals surface area contributed by atoms with Crippen molar-refractivity contribution in [3.05, 3.63) is 0 Å². The minimum absolute atomic E-state index is 0.253. The van der Waals surface area contributed by atoms with E-state index in [0.717, 1.165) is 32.0 Å². The number of hydrogen-bond donors (Lipinski definition) is 1. The molecule has 0 saturated heterocycles. The number of likely N-dealkylation sites (N-methyl/N-ethyl adjacent to an activating group) is 1. The maximum Gasteiger partial charge on any atom is 0.242 e. The first kappa shape index (κ1) is 13.5. The minimum atomic E-state index is -0.418. The van der Waals surface area contributed by atoms with Gasteiger partial charge in [-0.2, -0.15) is 0 Å². The first-order valence-electron chi connectivity index (χ1n) is 6.55. The number of nitrogens with zero attached hydrogens (tertiary/aromatic N) is 1. The van der Waals surface area contributed by atoms with E-state index >= 15 is 0 Å². The Morgan fingerprint density at radius 2 is 2.00 bits per heavy atom. The number of nitrogens with one attached hydrogen (secondary N) is 1. The SMILES string of the molecule is CCCN(CC1CC1)C(=O)C(C)(C)NCC. The highest BCUT2D eigenvalue weighted by atomic mass is 16.2. The molecule has 1 amide bonds. The fourth-order valence-corrected chi connectivity index (χ4v) is 2.07. The van der Waals surface area contributed by atoms with E-state index in [9.17, 15) is 4.79 Å². The molecule has 0 heterocycles. The van der Waals surface area contributed by atoms with Gasteiger partial charge in [-0.25, -0.2) is 0 Å². The quantitative estimate of drug-likeness (QED) is 0.720. The minimum Gasteiger partial charge on any atom is -0.341 e. The normalized spacial score (nSPS) is 16.2. The molecule has 1 rings (SSSR count). The van der Waals surface area contributed by atoms with Gasteiger partial charge < -0.3 is 10.2 Å². The van der Waals surface area contributed by atoms with Crippen LogP contribution < -0.4 is 5.32 Å². The van der Waals surface area contributed by atoms with E-state index in [1.165, 1.54) is 12.8 Å². The summed E-state index contributed by atoms with van der Waals surface area (Å²) in [6.07, 6.45) is 3.64. The summed E-state index contributed by atoms with van der Waals surface area (Å²) in [6.45, 7) is 10.8. The van der Waals surface area contributed by atoms with Crippen molar-refractivity contribution in [3.8, 4) is 0 Å². The second kappa shape index (κ2) is 5.67. The van der Waals surface area contributed by atoms with E-state index in [0.29, 0.717) is 0 Å². The van der Waals surface area contributed by atoms with Crippen LogP contribution in [0.25, 0.3) is 0 Å². The Morgan fingerprint density at radius 3 is 2.44 bits per heavy atom. The smallest absolute Gasteiger partial charge is 0.242 e. The lowest BCUT2D eigenvalue weighted by atomic mass is 10.0. The number of rotatable bonds is 7. The molecule has 1 N–H and O–H groups in total. The van der Waals surface area contributed by atoms with Gasteiger partial charge in [0, 0.05) is 13.1 Å². The second-order valence-electron chi connectivity index (χ2n) is 5.35. The van der Waals surface area contributed by atoms with Crippen LogP contribution in [0.4, 0.5) is 0 Å². The predicted octanol–water partition coefficient (Wildman–Crippen LogP) is 2.02. The standard InChI is InChI=1S/C13H26N2O/c1-5-9-15(10-11-7-8-11)12(16)13(3,4)14-6-2/h11,14H,5-10H2,1-4H3. The van der Waals surface area contributed by atoms with E-state index in [-0.39, 0.29) is 5.91 Å². The molecule has 3 heteroatoms. The van der Waals surface area contributed by atoms with Crippen LogP contribution in [0.15, 0.2) is 0 Å². The van der Waals surface area contributed by atoms with E-state index in [4.69, 9.17) is 0 Å². The van der Waals surface area contributed by atoms with E-state index in [1.807, 2.05) is 25.7 Å². The molecule has 0 atom stereocenters. The lowest BCUT2D eigenvalue weighted by molar-refractivity contribution is -0.137. The Morgan fingerprint density at radius 1 is 1.38 bits per heavy atom. The van der Waals surface area contributed by atoms with Gasteiger partial charge in [-0.05, 0) is 45.6 Å². The highest BCUT2D eigenvalue weighted by molar-refractivity contribution is 5.85. The maximum atomic E-state index is 12.4. The second-order valence-corrected chi connectivity index (χ2v) is 5.35. The average molecular weight is 226 g/mol. The summed E-state index contributed by atoms with van der Waals surface area (Å²) < 4.78 is 0. The first-order valence-corrected chi connectivity index (χ1v) is 6.55. The van der Waals surface area contributed by atoms with Crippen LogP contribution in [-0.2, 0) is 4.79 Å². The molecule has 1 aliphatic rings. The lowest BCUT2D eigenvalue weighted by Gasteiger charge is -2.32. The summed E-state index contributed by atoms with van der Waals surface area (Å²) in [5.41, 5.74) is -0.418. The van der Waals surface area contributed by atoms with Gasteiger partial charge in [-0.15, -0.1) is 0 Å². The molecule has 0 radical (unpaired) electrons. The molecule has 3 nitrogen and oxygen atoms in total. The monoisotopic (exact) mass is 226 g/mol. The number of hydrogen-bond acceptors (Lipinski definition) is 2. The van der Waals surface area contributed by atoms with Crippen molar-refractivity contribution in [2.45, 2.75) is 52.5 Å². The van der Waals surface area contributed by atoms with Crippen molar-refractivity contribution in [2.75, 3.05) is 19.6 Å². The van der Waals surface area contributed by atoms with Gasteiger partial charge in [-0.3, -0.25) is 4.79 Å².